The molecule has 1 aromatic rings. The summed E-state index contributed by atoms with van der Waals surface area (Å²) in [5, 5.41) is 13.4. The largest absolute Gasteiger partial charge is 0.487 e. The van der Waals surface area contributed by atoms with Gasteiger partial charge in [0, 0.05) is 31.6 Å². The summed E-state index contributed by atoms with van der Waals surface area (Å²) in [5.74, 6) is 0.999. The Hall–Kier alpha value is -1.10. The molecule has 2 aliphatic heterocycles. The number of benzene rings is 1. The van der Waals surface area contributed by atoms with Crippen molar-refractivity contribution >= 4 is 0 Å². The Labute approximate surface area is 127 Å². The van der Waals surface area contributed by atoms with Crippen LogP contribution in [0.3, 0.4) is 0 Å². The molecular formula is C17H26N2O2. The van der Waals surface area contributed by atoms with Crippen molar-refractivity contribution in [3.8, 4) is 5.75 Å². The van der Waals surface area contributed by atoms with Crippen LogP contribution >= 0.6 is 0 Å². The molecule has 116 valence electrons. The first-order valence-electron chi connectivity index (χ1n) is 7.97. The number of hydrogen-bond donors (Lipinski definition) is 2. The molecule has 21 heavy (non-hydrogen) atoms. The van der Waals surface area contributed by atoms with E-state index in [1.807, 2.05) is 0 Å². The van der Waals surface area contributed by atoms with E-state index in [4.69, 9.17) is 4.74 Å². The van der Waals surface area contributed by atoms with Gasteiger partial charge in [-0.15, -0.1) is 0 Å². The van der Waals surface area contributed by atoms with Crippen LogP contribution in [0.2, 0.25) is 0 Å². The van der Waals surface area contributed by atoms with Crippen molar-refractivity contribution in [2.24, 2.45) is 0 Å². The zero-order valence-electron chi connectivity index (χ0n) is 13.1. The Balaban J connectivity index is 1.90. The van der Waals surface area contributed by atoms with Crippen LogP contribution in [0.15, 0.2) is 18.2 Å². The van der Waals surface area contributed by atoms with Gasteiger partial charge in [-0.2, -0.15) is 0 Å². The standard InChI is InChI=1S/C17H26N2O2/c1-17(2)11-13-5-3-6-14(16(13)21-17)15(12-20)19-9-4-7-18-8-10-19/h3,5-6,15,18,20H,4,7-12H2,1-2H3. The highest BCUT2D eigenvalue weighted by atomic mass is 16.5. The second-order valence-corrected chi connectivity index (χ2v) is 6.71. The summed E-state index contributed by atoms with van der Waals surface area (Å²) in [6.07, 6.45) is 2.06. The van der Waals surface area contributed by atoms with Gasteiger partial charge in [-0.05, 0) is 32.4 Å². The van der Waals surface area contributed by atoms with E-state index in [0.717, 1.165) is 50.3 Å². The fourth-order valence-corrected chi connectivity index (χ4v) is 3.49. The minimum absolute atomic E-state index is 0.0359. The SMILES string of the molecule is CC1(C)Cc2cccc(C(CO)N3CCCNCC3)c2O1. The highest BCUT2D eigenvalue weighted by molar-refractivity contribution is 5.47. The van der Waals surface area contributed by atoms with Crippen molar-refractivity contribution in [2.45, 2.75) is 38.3 Å². The molecule has 0 aliphatic carbocycles. The maximum absolute atomic E-state index is 9.97. The van der Waals surface area contributed by atoms with Crippen molar-refractivity contribution < 1.29 is 9.84 Å². The number of aliphatic hydroxyl groups is 1. The molecule has 4 nitrogen and oxygen atoms in total. The van der Waals surface area contributed by atoms with Crippen molar-refractivity contribution in [3.05, 3.63) is 29.3 Å². The van der Waals surface area contributed by atoms with Gasteiger partial charge in [-0.3, -0.25) is 4.90 Å². The lowest BCUT2D eigenvalue weighted by Gasteiger charge is -2.30. The molecule has 1 aromatic carbocycles. The summed E-state index contributed by atoms with van der Waals surface area (Å²) in [6.45, 7) is 8.42. The monoisotopic (exact) mass is 290 g/mol. The van der Waals surface area contributed by atoms with Gasteiger partial charge in [0.2, 0.25) is 0 Å². The van der Waals surface area contributed by atoms with E-state index in [1.165, 1.54) is 5.56 Å². The summed E-state index contributed by atoms with van der Waals surface area (Å²) in [7, 11) is 0. The van der Waals surface area contributed by atoms with Crippen molar-refractivity contribution in [1.82, 2.24) is 10.2 Å². The number of hydrogen-bond acceptors (Lipinski definition) is 4. The zero-order valence-corrected chi connectivity index (χ0v) is 13.1. The maximum atomic E-state index is 9.97. The van der Waals surface area contributed by atoms with Crippen molar-refractivity contribution in [3.63, 3.8) is 0 Å². The molecule has 1 unspecified atom stereocenters. The number of nitrogens with zero attached hydrogens (tertiary/aromatic N) is 1. The lowest BCUT2D eigenvalue weighted by Crippen LogP contribution is -2.34. The van der Waals surface area contributed by atoms with Gasteiger partial charge in [0.15, 0.2) is 0 Å². The number of ether oxygens (including phenoxy) is 1. The molecule has 1 fully saturated rings. The maximum Gasteiger partial charge on any atom is 0.128 e. The highest BCUT2D eigenvalue weighted by Crippen LogP contribution is 2.41. The van der Waals surface area contributed by atoms with E-state index < -0.39 is 0 Å². The third-order valence-corrected chi connectivity index (χ3v) is 4.47. The average Bonchev–Trinajstić information content (AvgIpc) is 2.63. The fourth-order valence-electron chi connectivity index (χ4n) is 3.49. The first-order valence-corrected chi connectivity index (χ1v) is 7.97. The smallest absolute Gasteiger partial charge is 0.128 e. The second kappa shape index (κ2) is 5.95. The second-order valence-electron chi connectivity index (χ2n) is 6.71. The van der Waals surface area contributed by atoms with Gasteiger partial charge in [0.1, 0.15) is 11.4 Å². The zero-order chi connectivity index (χ0) is 14.9. The lowest BCUT2D eigenvalue weighted by molar-refractivity contribution is 0.112. The molecule has 4 heteroatoms. The topological polar surface area (TPSA) is 44.7 Å². The van der Waals surface area contributed by atoms with Gasteiger partial charge in [0.25, 0.3) is 0 Å². The molecular weight excluding hydrogens is 264 g/mol. The van der Waals surface area contributed by atoms with Crippen LogP contribution in [0.4, 0.5) is 0 Å². The van der Waals surface area contributed by atoms with Crippen LogP contribution < -0.4 is 10.1 Å². The van der Waals surface area contributed by atoms with Crippen molar-refractivity contribution in [1.29, 1.82) is 0 Å². The van der Waals surface area contributed by atoms with E-state index in [-0.39, 0.29) is 18.2 Å². The number of aliphatic hydroxyl groups excluding tert-OH is 1. The Morgan fingerprint density at radius 3 is 3.00 bits per heavy atom. The quantitative estimate of drug-likeness (QED) is 0.890. The van der Waals surface area contributed by atoms with Crippen LogP contribution in [0.5, 0.6) is 5.75 Å². The fraction of sp³-hybridized carbons (Fsp3) is 0.647. The van der Waals surface area contributed by atoms with Gasteiger partial charge in [-0.1, -0.05) is 18.2 Å². The first-order chi connectivity index (χ1) is 10.1. The lowest BCUT2D eigenvalue weighted by atomic mass is 9.97. The molecule has 1 atom stereocenters. The van der Waals surface area contributed by atoms with Gasteiger partial charge in [0.05, 0.1) is 12.6 Å². The number of fused-ring (bicyclic) bond motifs is 1. The Kier molecular flexibility index (Phi) is 4.20. The molecule has 0 radical (unpaired) electrons. The van der Waals surface area contributed by atoms with Gasteiger partial charge in [-0.25, -0.2) is 0 Å². The molecule has 0 spiro atoms. The third-order valence-electron chi connectivity index (χ3n) is 4.47. The van der Waals surface area contributed by atoms with Crippen LogP contribution in [-0.4, -0.2) is 48.4 Å². The summed E-state index contributed by atoms with van der Waals surface area (Å²) >= 11 is 0. The van der Waals surface area contributed by atoms with Crippen LogP contribution in [0.1, 0.15) is 37.4 Å². The summed E-state index contributed by atoms with van der Waals surface area (Å²) in [6, 6.07) is 6.39. The van der Waals surface area contributed by atoms with Crippen molar-refractivity contribution in [2.75, 3.05) is 32.8 Å². The van der Waals surface area contributed by atoms with Gasteiger partial charge < -0.3 is 15.2 Å². The van der Waals surface area contributed by atoms with E-state index in [1.54, 1.807) is 0 Å². The normalized spacial score (nSPS) is 23.2. The Morgan fingerprint density at radius 1 is 1.33 bits per heavy atom. The summed E-state index contributed by atoms with van der Waals surface area (Å²) in [5.41, 5.74) is 2.27. The van der Waals surface area contributed by atoms with E-state index in [2.05, 4.69) is 42.3 Å². The summed E-state index contributed by atoms with van der Waals surface area (Å²) in [4.78, 5) is 2.38. The molecule has 0 aromatic heterocycles. The Bertz CT molecular complexity index is 494. The summed E-state index contributed by atoms with van der Waals surface area (Å²) < 4.78 is 6.18. The Morgan fingerprint density at radius 2 is 2.19 bits per heavy atom. The molecule has 0 amide bonds. The van der Waals surface area contributed by atoms with Crippen LogP contribution in [-0.2, 0) is 6.42 Å². The highest BCUT2D eigenvalue weighted by Gasteiger charge is 2.34. The van der Waals surface area contributed by atoms with E-state index in [0.29, 0.717) is 0 Å². The molecule has 3 rings (SSSR count). The molecule has 1 saturated heterocycles. The van der Waals surface area contributed by atoms with Crippen LogP contribution in [0.25, 0.3) is 0 Å². The number of nitrogens with one attached hydrogen (secondary N) is 1. The third kappa shape index (κ3) is 3.07. The number of para-hydroxylation sites is 1. The number of rotatable bonds is 3. The molecule has 0 bridgehead atoms. The minimum Gasteiger partial charge on any atom is -0.487 e. The molecule has 2 heterocycles. The minimum atomic E-state index is -0.140. The van der Waals surface area contributed by atoms with Crippen LogP contribution in [0, 0.1) is 0 Å². The predicted octanol–water partition coefficient (Wildman–Crippen LogP) is 1.73. The average molecular weight is 290 g/mol. The van der Waals surface area contributed by atoms with Gasteiger partial charge >= 0.3 is 0 Å². The predicted molar refractivity (Wildman–Crippen MR) is 83.7 cm³/mol. The molecule has 2 N–H and O–H groups in total. The molecule has 0 saturated carbocycles. The van der Waals surface area contributed by atoms with E-state index in [9.17, 15) is 5.11 Å². The molecule has 2 aliphatic rings. The van der Waals surface area contributed by atoms with E-state index >= 15 is 0 Å². The first kappa shape index (κ1) is 14.8.